The van der Waals surface area contributed by atoms with Crippen molar-refractivity contribution in [2.45, 2.75) is 75.6 Å². The second-order valence-electron chi connectivity index (χ2n) is 19.8. The summed E-state index contributed by atoms with van der Waals surface area (Å²) in [4.78, 5) is 59.1. The minimum absolute atomic E-state index is 0.0101. The van der Waals surface area contributed by atoms with Crippen LogP contribution in [0.25, 0.3) is 22.3 Å². The van der Waals surface area contributed by atoms with E-state index in [1.807, 2.05) is 154 Å². The third kappa shape index (κ3) is 9.96. The summed E-state index contributed by atoms with van der Waals surface area (Å²) in [6.07, 6.45) is -1.03. The second kappa shape index (κ2) is 21.2. The third-order valence-corrected chi connectivity index (χ3v) is 14.8. The summed E-state index contributed by atoms with van der Waals surface area (Å²) >= 11 is 6.98. The molecule has 1 unspecified atom stereocenters. The number of halogens is 1. The fourth-order valence-electron chi connectivity index (χ4n) is 11.2. The van der Waals surface area contributed by atoms with Gasteiger partial charge in [0.1, 0.15) is 19.3 Å². The average Bonchev–Trinajstić information content (AvgIpc) is 4.07. The number of ether oxygens (including phenoxy) is 3. The van der Waals surface area contributed by atoms with Crippen LogP contribution in [0.3, 0.4) is 0 Å². The van der Waals surface area contributed by atoms with Crippen LogP contribution < -0.4 is 10.6 Å². The zero-order valence-corrected chi connectivity index (χ0v) is 41.9. The lowest BCUT2D eigenvalue weighted by Gasteiger charge is -2.36. The lowest BCUT2D eigenvalue weighted by molar-refractivity contribution is -0.154. The highest BCUT2D eigenvalue weighted by Crippen LogP contribution is 2.47. The number of carbonyl (C=O) groups excluding carboxylic acids is 4. The number of esters is 1. The van der Waals surface area contributed by atoms with Crippen molar-refractivity contribution in [2.24, 2.45) is 5.92 Å². The predicted octanol–water partition coefficient (Wildman–Crippen LogP) is 12.3. The van der Waals surface area contributed by atoms with Crippen molar-refractivity contribution in [3.63, 3.8) is 0 Å². The minimum atomic E-state index is -1.44. The molecule has 0 radical (unpaired) electrons. The Morgan fingerprint density at radius 2 is 1.12 bits per heavy atom. The van der Waals surface area contributed by atoms with Gasteiger partial charge in [0.25, 0.3) is 0 Å². The number of carbonyl (C=O) groups is 4. The van der Waals surface area contributed by atoms with Gasteiger partial charge in [-0.3, -0.25) is 14.5 Å². The molecule has 0 bridgehead atoms. The van der Waals surface area contributed by atoms with Crippen molar-refractivity contribution >= 4 is 35.7 Å². The second-order valence-corrected chi connectivity index (χ2v) is 20.2. The van der Waals surface area contributed by atoms with Gasteiger partial charge in [-0.25, -0.2) is 9.59 Å². The van der Waals surface area contributed by atoms with Crippen LogP contribution >= 0.6 is 11.6 Å². The fraction of sp³-hybridized carbons (Fsp3) is 0.258. The highest BCUT2D eigenvalue weighted by molar-refractivity contribution is 6.31. The Hall–Kier alpha value is -7.69. The van der Waals surface area contributed by atoms with E-state index in [1.165, 1.54) is 4.90 Å². The van der Waals surface area contributed by atoms with Crippen LogP contribution in [0.15, 0.2) is 176 Å². The van der Waals surface area contributed by atoms with E-state index in [0.717, 1.165) is 50.1 Å². The molecule has 2 aliphatic carbocycles. The molecule has 73 heavy (non-hydrogen) atoms. The number of fused-ring (bicyclic) bond motifs is 6. The average molecular weight is 993 g/mol. The van der Waals surface area contributed by atoms with E-state index in [2.05, 4.69) is 47.0 Å². The number of alkyl carbamates (subject to hydrolysis) is 1. The van der Waals surface area contributed by atoms with E-state index in [9.17, 15) is 19.2 Å². The Labute approximate surface area is 431 Å². The van der Waals surface area contributed by atoms with Crippen LogP contribution in [0, 0.1) is 12.8 Å². The number of rotatable bonds is 15. The molecule has 0 aromatic heterocycles. The zero-order valence-electron chi connectivity index (χ0n) is 41.1. The molecule has 10 rings (SSSR count). The monoisotopic (exact) mass is 991 g/mol. The molecule has 7 aromatic rings. The van der Waals surface area contributed by atoms with Crippen molar-refractivity contribution in [3.05, 3.63) is 225 Å². The first-order chi connectivity index (χ1) is 35.5. The molecule has 1 aliphatic heterocycles. The van der Waals surface area contributed by atoms with Gasteiger partial charge in [-0.15, -0.1) is 0 Å². The van der Waals surface area contributed by atoms with Gasteiger partial charge in [-0.05, 0) is 76.3 Å². The van der Waals surface area contributed by atoms with Crippen LogP contribution in [0.5, 0.6) is 0 Å². The smallest absolute Gasteiger partial charge is 0.410 e. The molecule has 0 saturated carbocycles. The molecule has 10 nitrogen and oxygen atoms in total. The first kappa shape index (κ1) is 48.9. The topological polar surface area (TPSA) is 123 Å². The summed E-state index contributed by atoms with van der Waals surface area (Å²) in [7, 11) is 0. The van der Waals surface area contributed by atoms with Crippen molar-refractivity contribution in [1.82, 2.24) is 15.5 Å². The number of hydrogen-bond donors (Lipinski definition) is 2. The lowest BCUT2D eigenvalue weighted by atomic mass is 9.79. The molecule has 370 valence electrons. The molecule has 1 heterocycles. The van der Waals surface area contributed by atoms with Gasteiger partial charge in [-0.2, -0.15) is 0 Å². The van der Waals surface area contributed by atoms with Crippen LogP contribution in [-0.4, -0.2) is 66.8 Å². The van der Waals surface area contributed by atoms with E-state index in [1.54, 1.807) is 6.07 Å². The quantitative estimate of drug-likeness (QED) is 0.0596. The minimum Gasteiger partial charge on any atom is -0.449 e. The number of likely N-dealkylation sites (tertiary alicyclic amines) is 1. The molecular weight excluding hydrogens is 934 g/mol. The number of benzene rings is 7. The fourth-order valence-corrected chi connectivity index (χ4v) is 11.5. The van der Waals surface area contributed by atoms with Gasteiger partial charge in [0.2, 0.25) is 5.91 Å². The summed E-state index contributed by atoms with van der Waals surface area (Å²) in [5, 5.41) is 6.53. The number of nitrogens with zero attached hydrogens (tertiary/aromatic N) is 1. The Morgan fingerprint density at radius 1 is 0.630 bits per heavy atom. The maximum Gasteiger partial charge on any atom is 0.410 e. The molecule has 3 aliphatic rings. The molecule has 1 saturated heterocycles. The maximum atomic E-state index is 14.8. The van der Waals surface area contributed by atoms with E-state index >= 15 is 0 Å². The highest BCUT2D eigenvalue weighted by atomic mass is 35.5. The summed E-state index contributed by atoms with van der Waals surface area (Å²) in [5.41, 5.74) is 10.3. The van der Waals surface area contributed by atoms with Crippen molar-refractivity contribution < 1.29 is 33.4 Å². The van der Waals surface area contributed by atoms with Gasteiger partial charge >= 0.3 is 18.2 Å². The van der Waals surface area contributed by atoms with Crippen molar-refractivity contribution in [1.29, 1.82) is 0 Å². The summed E-state index contributed by atoms with van der Waals surface area (Å²) in [6, 6.07) is 54.7. The molecule has 7 aromatic carbocycles. The zero-order chi connectivity index (χ0) is 50.6. The van der Waals surface area contributed by atoms with Crippen molar-refractivity contribution in [2.75, 3.05) is 19.8 Å². The van der Waals surface area contributed by atoms with E-state index in [-0.39, 0.29) is 50.4 Å². The molecule has 2 N–H and O–H groups in total. The summed E-state index contributed by atoms with van der Waals surface area (Å²) < 4.78 is 18.8. The number of amides is 3. The van der Waals surface area contributed by atoms with Gasteiger partial charge < -0.3 is 24.8 Å². The third-order valence-electron chi connectivity index (χ3n) is 14.5. The van der Waals surface area contributed by atoms with E-state index in [0.29, 0.717) is 28.1 Å². The van der Waals surface area contributed by atoms with Gasteiger partial charge in [0.05, 0.1) is 12.5 Å². The van der Waals surface area contributed by atoms with Crippen LogP contribution in [0.2, 0.25) is 5.02 Å². The summed E-state index contributed by atoms with van der Waals surface area (Å²) in [5.74, 6) is -1.35. The van der Waals surface area contributed by atoms with Crippen LogP contribution in [0.1, 0.15) is 89.5 Å². The number of hydrogen-bond acceptors (Lipinski definition) is 7. The van der Waals surface area contributed by atoms with Crippen LogP contribution in [-0.2, 0) is 29.4 Å². The molecule has 4 atom stereocenters. The first-order valence-electron chi connectivity index (χ1n) is 25.1. The molecule has 1 fully saturated rings. The van der Waals surface area contributed by atoms with Crippen molar-refractivity contribution in [3.8, 4) is 22.3 Å². The van der Waals surface area contributed by atoms with Gasteiger partial charge in [0.15, 0.2) is 5.60 Å². The van der Waals surface area contributed by atoms with E-state index in [4.69, 9.17) is 25.8 Å². The maximum absolute atomic E-state index is 14.8. The Morgan fingerprint density at radius 3 is 1.67 bits per heavy atom. The number of nitrogens with one attached hydrogen (secondary N) is 2. The molecule has 3 amide bonds. The SMILES string of the molecule is Cc1ccc(C(OC(=O)C[C@@H](CC(C)C)NC(=O)[C@@H]2C[C@@H](NC(=O)OCC3c4ccccc4-c4ccccc43)CN2C(=O)OCC2c3ccccc3-c3ccccc32)(c2ccccc2)c2ccccc2Cl)cc1. The first-order valence-corrected chi connectivity index (χ1v) is 25.5. The summed E-state index contributed by atoms with van der Waals surface area (Å²) in [6.45, 7) is 6.16. The molecular formula is C62H58ClN3O7. The standard InChI is InChI=1S/C62H58ClN3O7/c1-39(2)33-43(35-58(67)73-62(41-17-5-4-6-18-41,42-31-29-40(3)30-32-42)55-27-15-16-28-56(55)63)64-59(68)57-34-44(65-60(69)71-37-53-49-23-11-7-19-45(49)46-20-8-12-24-50(46)53)36-66(57)61(70)72-38-54-51-25-13-9-21-47(51)48-22-10-14-26-52(48)54/h4-32,39,43-44,53-54,57H,33-38H2,1-3H3,(H,64,68)(H,65,69)/t43-,44-,57+,62?/m1/s1. The largest absolute Gasteiger partial charge is 0.449 e. The Balaban J connectivity index is 0.892. The Bertz CT molecular complexity index is 3070. The van der Waals surface area contributed by atoms with Gasteiger partial charge in [0, 0.05) is 46.1 Å². The van der Waals surface area contributed by atoms with E-state index < -0.39 is 47.8 Å². The molecule has 0 spiro atoms. The van der Waals surface area contributed by atoms with Gasteiger partial charge in [-0.1, -0.05) is 201 Å². The lowest BCUT2D eigenvalue weighted by Crippen LogP contribution is -2.50. The highest BCUT2D eigenvalue weighted by Gasteiger charge is 2.45. The normalized spacial score (nSPS) is 16.9. The van der Waals surface area contributed by atoms with Crippen LogP contribution in [0.4, 0.5) is 9.59 Å². The number of aryl methyl sites for hydroxylation is 1. The Kier molecular flexibility index (Phi) is 14.2. The predicted molar refractivity (Wildman–Crippen MR) is 283 cm³/mol. The molecule has 11 heteroatoms.